The van der Waals surface area contributed by atoms with Gasteiger partial charge >= 0.3 is 0 Å². The summed E-state index contributed by atoms with van der Waals surface area (Å²) in [7, 11) is 0. The van der Waals surface area contributed by atoms with Crippen LogP contribution in [-0.2, 0) is 19.4 Å². The molecule has 37 heavy (non-hydrogen) atoms. The third-order valence-electron chi connectivity index (χ3n) is 8.49. The SMILES string of the molecule is C=C1Cc2ncccc2-c2c1n(CC1=CC(C)=CC(C)C1C)c1cc(C)c(CCC)c(C)c21.CCCC. The Kier molecular flexibility index (Phi) is 8.26. The van der Waals surface area contributed by atoms with Crippen molar-refractivity contribution in [3.8, 4) is 11.1 Å². The molecule has 2 unspecified atom stereocenters. The molecule has 3 aromatic rings. The zero-order valence-electron chi connectivity index (χ0n) is 24.5. The van der Waals surface area contributed by atoms with Gasteiger partial charge in [0.15, 0.2) is 0 Å². The lowest BCUT2D eigenvalue weighted by Gasteiger charge is -2.28. The van der Waals surface area contributed by atoms with Gasteiger partial charge in [-0.1, -0.05) is 84.3 Å². The predicted molar refractivity (Wildman–Crippen MR) is 162 cm³/mol. The van der Waals surface area contributed by atoms with Crippen molar-refractivity contribution < 1.29 is 0 Å². The molecule has 0 bridgehead atoms. The molecule has 0 amide bonds. The van der Waals surface area contributed by atoms with Crippen LogP contribution >= 0.6 is 0 Å². The van der Waals surface area contributed by atoms with Crippen LogP contribution in [0.4, 0.5) is 0 Å². The number of aromatic nitrogens is 2. The van der Waals surface area contributed by atoms with Gasteiger partial charge < -0.3 is 4.57 Å². The van der Waals surface area contributed by atoms with Gasteiger partial charge in [-0.2, -0.15) is 0 Å². The van der Waals surface area contributed by atoms with Crippen LogP contribution in [0.2, 0.25) is 0 Å². The molecule has 0 saturated carbocycles. The normalized spacial score (nSPS) is 18.5. The first-order chi connectivity index (χ1) is 17.7. The standard InChI is InChI=1S/C31H36N2.C4H10/c1-8-10-25-20(4)16-28-29(23(25)7)30-26-11-9-12-32-27(26)15-21(5)31(30)33(28)17-24-14-18(2)13-19(3)22(24)6;1-3-4-2/h9,11-14,16,19,22H,5,8,10,15,17H2,1-4,6-7H3;3-4H2,1-2H3. The molecule has 2 heterocycles. The molecule has 2 aliphatic rings. The number of benzene rings is 1. The fraction of sp³-hybridized carbons (Fsp3) is 0.457. The summed E-state index contributed by atoms with van der Waals surface area (Å²) in [6.07, 6.45) is 12.5. The van der Waals surface area contributed by atoms with Crippen LogP contribution in [0.25, 0.3) is 27.6 Å². The second-order valence-corrected chi connectivity index (χ2v) is 11.3. The minimum Gasteiger partial charge on any atom is -0.336 e. The zero-order chi connectivity index (χ0) is 26.9. The highest BCUT2D eigenvalue weighted by atomic mass is 15.0. The Balaban J connectivity index is 0.000000747. The molecule has 5 rings (SSSR count). The number of aryl methyl sites for hydroxylation is 2. The van der Waals surface area contributed by atoms with Gasteiger partial charge in [-0.25, -0.2) is 0 Å². The monoisotopic (exact) mass is 494 g/mol. The number of allylic oxidation sites excluding steroid dienone is 5. The molecular formula is C35H46N2. The Bertz CT molecular complexity index is 1380. The van der Waals surface area contributed by atoms with Crippen molar-refractivity contribution in [3.63, 3.8) is 0 Å². The van der Waals surface area contributed by atoms with Gasteiger partial charge in [0, 0.05) is 41.2 Å². The summed E-state index contributed by atoms with van der Waals surface area (Å²) in [5.41, 5.74) is 14.9. The van der Waals surface area contributed by atoms with Gasteiger partial charge in [-0.15, -0.1) is 0 Å². The Labute approximate surface area is 225 Å². The minimum atomic E-state index is 0.536. The number of fused-ring (bicyclic) bond motifs is 5. The summed E-state index contributed by atoms with van der Waals surface area (Å²) in [5, 5.41) is 1.40. The van der Waals surface area contributed by atoms with Crippen molar-refractivity contribution in [2.24, 2.45) is 11.8 Å². The predicted octanol–water partition coefficient (Wildman–Crippen LogP) is 9.81. The lowest BCUT2D eigenvalue weighted by atomic mass is 9.82. The van der Waals surface area contributed by atoms with Crippen LogP contribution < -0.4 is 0 Å². The molecule has 2 aliphatic carbocycles. The van der Waals surface area contributed by atoms with Crippen molar-refractivity contribution in [2.45, 2.75) is 94.0 Å². The molecule has 1 aromatic carbocycles. The van der Waals surface area contributed by atoms with E-state index in [2.05, 4.69) is 96.9 Å². The molecule has 2 aromatic heterocycles. The van der Waals surface area contributed by atoms with Crippen molar-refractivity contribution in [3.05, 3.63) is 82.4 Å². The van der Waals surface area contributed by atoms with Crippen LogP contribution in [0.15, 0.2) is 54.3 Å². The van der Waals surface area contributed by atoms with Gasteiger partial charge in [0.05, 0.1) is 11.4 Å². The van der Waals surface area contributed by atoms with E-state index in [4.69, 9.17) is 4.98 Å². The number of rotatable bonds is 5. The largest absolute Gasteiger partial charge is 0.336 e. The van der Waals surface area contributed by atoms with Gasteiger partial charge in [0.2, 0.25) is 0 Å². The molecule has 0 spiro atoms. The van der Waals surface area contributed by atoms with E-state index in [1.165, 1.54) is 74.0 Å². The maximum atomic E-state index is 4.75. The molecule has 0 saturated heterocycles. The van der Waals surface area contributed by atoms with Gasteiger partial charge in [0.25, 0.3) is 0 Å². The van der Waals surface area contributed by atoms with Gasteiger partial charge in [-0.3, -0.25) is 4.98 Å². The molecule has 196 valence electrons. The molecule has 0 aliphatic heterocycles. The van der Waals surface area contributed by atoms with Crippen LogP contribution in [0.5, 0.6) is 0 Å². The van der Waals surface area contributed by atoms with Crippen LogP contribution in [0.3, 0.4) is 0 Å². The third-order valence-corrected chi connectivity index (χ3v) is 8.49. The topological polar surface area (TPSA) is 17.8 Å². The van der Waals surface area contributed by atoms with E-state index in [1.54, 1.807) is 0 Å². The fourth-order valence-electron chi connectivity index (χ4n) is 6.17. The molecule has 0 N–H and O–H groups in total. The minimum absolute atomic E-state index is 0.536. The summed E-state index contributed by atoms with van der Waals surface area (Å²) >= 11 is 0. The molecule has 0 fully saturated rings. The highest BCUT2D eigenvalue weighted by Gasteiger charge is 2.30. The van der Waals surface area contributed by atoms with Gasteiger partial charge in [0.1, 0.15) is 0 Å². The first-order valence-corrected chi connectivity index (χ1v) is 14.4. The molecule has 2 heteroatoms. The quantitative estimate of drug-likeness (QED) is 0.345. The summed E-state index contributed by atoms with van der Waals surface area (Å²) in [6.45, 7) is 23.7. The lowest BCUT2D eigenvalue weighted by molar-refractivity contribution is 0.492. The first-order valence-electron chi connectivity index (χ1n) is 14.4. The Morgan fingerprint density at radius 1 is 1.05 bits per heavy atom. The third kappa shape index (κ3) is 5.00. The molecule has 2 nitrogen and oxygen atoms in total. The smallest absolute Gasteiger partial charge is 0.0531 e. The lowest BCUT2D eigenvalue weighted by Crippen LogP contribution is -2.18. The van der Waals surface area contributed by atoms with Crippen molar-refractivity contribution in [1.82, 2.24) is 9.55 Å². The number of nitrogens with zero attached hydrogens (tertiary/aromatic N) is 2. The maximum Gasteiger partial charge on any atom is 0.0531 e. The van der Waals surface area contributed by atoms with E-state index in [-0.39, 0.29) is 0 Å². The van der Waals surface area contributed by atoms with E-state index in [0.29, 0.717) is 11.8 Å². The number of hydrogen-bond acceptors (Lipinski definition) is 1. The maximum absolute atomic E-state index is 4.75. The summed E-state index contributed by atoms with van der Waals surface area (Å²) in [4.78, 5) is 4.75. The van der Waals surface area contributed by atoms with Crippen molar-refractivity contribution >= 4 is 16.5 Å². The Hall–Kier alpha value is -2.87. The van der Waals surface area contributed by atoms with Gasteiger partial charge in [-0.05, 0) is 79.0 Å². The summed E-state index contributed by atoms with van der Waals surface area (Å²) < 4.78 is 2.58. The fourth-order valence-corrected chi connectivity index (χ4v) is 6.17. The first kappa shape index (κ1) is 27.2. The number of pyridine rings is 1. The van der Waals surface area contributed by atoms with E-state index < -0.39 is 0 Å². The van der Waals surface area contributed by atoms with E-state index in [1.807, 2.05) is 6.20 Å². The summed E-state index contributed by atoms with van der Waals surface area (Å²) in [6, 6.07) is 6.78. The second kappa shape index (κ2) is 11.3. The molecule has 0 radical (unpaired) electrons. The van der Waals surface area contributed by atoms with Crippen molar-refractivity contribution in [2.75, 3.05) is 0 Å². The molecule has 2 atom stereocenters. The molecular weight excluding hydrogens is 448 g/mol. The van der Waals surface area contributed by atoms with Crippen LogP contribution in [-0.4, -0.2) is 9.55 Å². The highest BCUT2D eigenvalue weighted by molar-refractivity contribution is 6.07. The number of hydrogen-bond donors (Lipinski definition) is 0. The Morgan fingerprint density at radius 2 is 1.78 bits per heavy atom. The van der Waals surface area contributed by atoms with Crippen LogP contribution in [0.1, 0.15) is 88.9 Å². The highest BCUT2D eigenvalue weighted by Crippen LogP contribution is 2.47. The van der Waals surface area contributed by atoms with E-state index >= 15 is 0 Å². The average molecular weight is 495 g/mol. The van der Waals surface area contributed by atoms with Crippen molar-refractivity contribution in [1.29, 1.82) is 0 Å². The number of unbranched alkanes of at least 4 members (excludes halogenated alkanes) is 1. The van der Waals surface area contributed by atoms with Crippen LogP contribution in [0, 0.1) is 25.7 Å². The van der Waals surface area contributed by atoms with E-state index in [9.17, 15) is 0 Å². The van der Waals surface area contributed by atoms with E-state index in [0.717, 1.165) is 31.5 Å². The average Bonchev–Trinajstić information content (AvgIpc) is 3.19. The summed E-state index contributed by atoms with van der Waals surface area (Å²) in [5.74, 6) is 1.10. The Morgan fingerprint density at radius 3 is 2.46 bits per heavy atom. The second-order valence-electron chi connectivity index (χ2n) is 11.3. The zero-order valence-corrected chi connectivity index (χ0v) is 24.5.